The number of sulfonamides is 1. The molecule has 3 rings (SSSR count). The van der Waals surface area contributed by atoms with E-state index in [1.807, 2.05) is 0 Å². The van der Waals surface area contributed by atoms with Gasteiger partial charge in [-0.2, -0.15) is 4.31 Å². The van der Waals surface area contributed by atoms with Gasteiger partial charge >= 0.3 is 0 Å². The number of nitrogens with one attached hydrogen (secondary N) is 1. The second-order valence-corrected chi connectivity index (χ2v) is 7.01. The number of nitrogens with zero attached hydrogens (tertiary/aromatic N) is 1. The third kappa shape index (κ3) is 2.85. The fourth-order valence-electron chi connectivity index (χ4n) is 2.64. The first kappa shape index (κ1) is 15.6. The molecule has 2 aromatic rings. The summed E-state index contributed by atoms with van der Waals surface area (Å²) in [5.41, 5.74) is 0.546. The minimum Gasteiger partial charge on any atom is -0.353 e. The molecule has 1 heterocycles. The zero-order valence-electron chi connectivity index (χ0n) is 12.1. The monoisotopic (exact) mass is 334 g/mol. The van der Waals surface area contributed by atoms with Crippen LogP contribution in [-0.2, 0) is 14.8 Å². The van der Waals surface area contributed by atoms with Crippen LogP contribution in [0.4, 0.5) is 4.39 Å². The van der Waals surface area contributed by atoms with Crippen molar-refractivity contribution in [2.75, 3.05) is 13.1 Å². The first-order valence-corrected chi connectivity index (χ1v) is 8.55. The molecule has 1 fully saturated rings. The van der Waals surface area contributed by atoms with Crippen LogP contribution in [0, 0.1) is 5.82 Å². The van der Waals surface area contributed by atoms with E-state index in [4.69, 9.17) is 0 Å². The topological polar surface area (TPSA) is 66.5 Å². The molecule has 0 aliphatic carbocycles. The lowest BCUT2D eigenvalue weighted by molar-refractivity contribution is -0.126. The van der Waals surface area contributed by atoms with E-state index in [0.717, 1.165) is 10.4 Å². The third-order valence-corrected chi connectivity index (χ3v) is 5.60. The Kier molecular flexibility index (Phi) is 4.14. The minimum absolute atomic E-state index is 0.0853. The quantitative estimate of drug-likeness (QED) is 0.929. The molecule has 2 aromatic carbocycles. The summed E-state index contributed by atoms with van der Waals surface area (Å²) in [5.74, 6) is -1.24. The van der Waals surface area contributed by atoms with Crippen LogP contribution in [-0.4, -0.2) is 31.7 Å². The molecule has 0 aromatic heterocycles. The molecule has 5 nitrogen and oxygen atoms in total. The third-order valence-electron chi connectivity index (χ3n) is 3.71. The van der Waals surface area contributed by atoms with Gasteiger partial charge in [-0.25, -0.2) is 12.8 Å². The Morgan fingerprint density at radius 1 is 1.04 bits per heavy atom. The van der Waals surface area contributed by atoms with Crippen LogP contribution in [0.3, 0.4) is 0 Å². The van der Waals surface area contributed by atoms with Gasteiger partial charge in [-0.3, -0.25) is 4.79 Å². The largest absolute Gasteiger partial charge is 0.353 e. The number of hydrogen-bond donors (Lipinski definition) is 1. The molecule has 0 radical (unpaired) electrons. The summed E-state index contributed by atoms with van der Waals surface area (Å²) < 4.78 is 40.7. The van der Waals surface area contributed by atoms with Gasteiger partial charge in [0.2, 0.25) is 15.9 Å². The highest BCUT2D eigenvalue weighted by atomic mass is 32.2. The first-order valence-electron chi connectivity index (χ1n) is 7.11. The highest BCUT2D eigenvalue weighted by Crippen LogP contribution is 2.30. The van der Waals surface area contributed by atoms with Gasteiger partial charge in [-0.05, 0) is 17.7 Å². The summed E-state index contributed by atoms with van der Waals surface area (Å²) >= 11 is 0. The lowest BCUT2D eigenvalue weighted by Gasteiger charge is -2.34. The molecule has 1 saturated heterocycles. The fraction of sp³-hybridized carbons (Fsp3) is 0.188. The van der Waals surface area contributed by atoms with Crippen molar-refractivity contribution in [3.63, 3.8) is 0 Å². The fourth-order valence-corrected chi connectivity index (χ4v) is 4.28. The predicted molar refractivity (Wildman–Crippen MR) is 82.5 cm³/mol. The van der Waals surface area contributed by atoms with Gasteiger partial charge < -0.3 is 5.32 Å². The second kappa shape index (κ2) is 6.10. The molecular formula is C16H15FN2O3S. The van der Waals surface area contributed by atoms with Gasteiger partial charge in [0.25, 0.3) is 0 Å². The smallest absolute Gasteiger partial charge is 0.247 e. The summed E-state index contributed by atoms with van der Waals surface area (Å²) in [6.07, 6.45) is 0. The SMILES string of the molecule is O=C1NCCN(S(=O)(=O)c2ccccc2F)C1c1ccccc1. The van der Waals surface area contributed by atoms with Crippen molar-refractivity contribution in [2.45, 2.75) is 10.9 Å². The minimum atomic E-state index is -4.13. The molecule has 120 valence electrons. The maximum atomic E-state index is 14.0. The van der Waals surface area contributed by atoms with Crippen molar-refractivity contribution in [2.24, 2.45) is 0 Å². The lowest BCUT2D eigenvalue weighted by atomic mass is 10.1. The number of carbonyl (C=O) groups is 1. The molecule has 0 saturated carbocycles. The summed E-state index contributed by atoms with van der Waals surface area (Å²) in [5, 5.41) is 2.66. The van der Waals surface area contributed by atoms with Crippen molar-refractivity contribution in [1.29, 1.82) is 0 Å². The number of piperazine rings is 1. The Morgan fingerprint density at radius 2 is 1.70 bits per heavy atom. The Labute approximate surface area is 133 Å². The second-order valence-electron chi connectivity index (χ2n) is 5.15. The Bertz CT molecular complexity index is 824. The normalized spacial score (nSPS) is 19.3. The van der Waals surface area contributed by atoms with Crippen LogP contribution >= 0.6 is 0 Å². The highest BCUT2D eigenvalue weighted by Gasteiger charge is 2.40. The van der Waals surface area contributed by atoms with Gasteiger partial charge in [0, 0.05) is 13.1 Å². The number of benzene rings is 2. The number of amides is 1. The van der Waals surface area contributed by atoms with Gasteiger partial charge in [-0.1, -0.05) is 42.5 Å². The van der Waals surface area contributed by atoms with Crippen molar-refractivity contribution in [1.82, 2.24) is 9.62 Å². The van der Waals surface area contributed by atoms with Gasteiger partial charge in [0.1, 0.15) is 16.8 Å². The summed E-state index contributed by atoms with van der Waals surface area (Å²) in [6.45, 7) is 0.276. The Balaban J connectivity index is 2.09. The number of rotatable bonds is 3. The molecule has 1 unspecified atom stereocenters. The molecule has 7 heteroatoms. The summed E-state index contributed by atoms with van der Waals surface area (Å²) in [4.78, 5) is 11.8. The van der Waals surface area contributed by atoms with E-state index >= 15 is 0 Å². The van der Waals surface area contributed by atoms with Gasteiger partial charge in [0.15, 0.2) is 0 Å². The van der Waals surface area contributed by atoms with E-state index in [-0.39, 0.29) is 13.1 Å². The lowest BCUT2D eigenvalue weighted by Crippen LogP contribution is -2.52. The average molecular weight is 334 g/mol. The maximum Gasteiger partial charge on any atom is 0.247 e. The van der Waals surface area contributed by atoms with Crippen molar-refractivity contribution in [3.05, 3.63) is 66.0 Å². The highest BCUT2D eigenvalue weighted by molar-refractivity contribution is 7.89. The molecule has 1 aliphatic rings. The summed E-state index contributed by atoms with van der Waals surface area (Å²) in [7, 11) is -4.13. The molecule has 1 aliphatic heterocycles. The molecule has 23 heavy (non-hydrogen) atoms. The van der Waals surface area contributed by atoms with Crippen molar-refractivity contribution in [3.8, 4) is 0 Å². The van der Waals surface area contributed by atoms with E-state index in [9.17, 15) is 17.6 Å². The maximum absolute atomic E-state index is 14.0. The van der Waals surface area contributed by atoms with Crippen LogP contribution < -0.4 is 5.32 Å². The molecule has 0 spiro atoms. The zero-order chi connectivity index (χ0) is 16.4. The Hall–Kier alpha value is -2.25. The van der Waals surface area contributed by atoms with Crippen LogP contribution in [0.2, 0.25) is 0 Å². The van der Waals surface area contributed by atoms with Crippen molar-refractivity contribution >= 4 is 15.9 Å². The van der Waals surface area contributed by atoms with E-state index in [1.165, 1.54) is 18.2 Å². The van der Waals surface area contributed by atoms with E-state index < -0.39 is 32.7 Å². The van der Waals surface area contributed by atoms with Crippen LogP contribution in [0.5, 0.6) is 0 Å². The van der Waals surface area contributed by atoms with Crippen LogP contribution in [0.1, 0.15) is 11.6 Å². The average Bonchev–Trinajstić information content (AvgIpc) is 2.55. The molecular weight excluding hydrogens is 319 g/mol. The molecule has 0 bridgehead atoms. The zero-order valence-corrected chi connectivity index (χ0v) is 13.0. The molecule has 1 N–H and O–H groups in total. The van der Waals surface area contributed by atoms with E-state index in [2.05, 4.69) is 5.32 Å². The number of carbonyl (C=O) groups excluding carboxylic acids is 1. The summed E-state index contributed by atoms with van der Waals surface area (Å²) in [6, 6.07) is 12.8. The standard InChI is InChI=1S/C16H15FN2O3S/c17-13-8-4-5-9-14(13)23(21,22)19-11-10-18-16(20)15(19)12-6-2-1-3-7-12/h1-9,15H,10-11H2,(H,18,20). The predicted octanol–water partition coefficient (Wildman–Crippen LogP) is 1.69. The number of halogens is 1. The van der Waals surface area contributed by atoms with E-state index in [0.29, 0.717) is 5.56 Å². The van der Waals surface area contributed by atoms with E-state index in [1.54, 1.807) is 30.3 Å². The Morgan fingerprint density at radius 3 is 2.39 bits per heavy atom. The molecule has 1 atom stereocenters. The van der Waals surface area contributed by atoms with Crippen LogP contribution in [0.15, 0.2) is 59.5 Å². The van der Waals surface area contributed by atoms with Crippen molar-refractivity contribution < 1.29 is 17.6 Å². The number of hydrogen-bond acceptors (Lipinski definition) is 3. The van der Waals surface area contributed by atoms with Crippen LogP contribution in [0.25, 0.3) is 0 Å². The van der Waals surface area contributed by atoms with Gasteiger partial charge in [0.05, 0.1) is 0 Å². The van der Waals surface area contributed by atoms with Gasteiger partial charge in [-0.15, -0.1) is 0 Å². The molecule has 1 amide bonds. The first-order chi connectivity index (χ1) is 11.0.